The minimum Gasteiger partial charge on any atom is -0.398 e. The molecule has 1 rings (SSSR count). The van der Waals surface area contributed by atoms with Crippen molar-refractivity contribution in [2.75, 3.05) is 12.3 Å². The Morgan fingerprint density at radius 1 is 1.42 bits per heavy atom. The molecule has 1 atom stereocenters. The average molecular weight is 353 g/mol. The SMILES string of the molecule is CCC(C)N(CC)S(=O)(=O)c1cc(N)c(Br)cc1F. The van der Waals surface area contributed by atoms with Crippen molar-refractivity contribution in [3.05, 3.63) is 22.4 Å². The van der Waals surface area contributed by atoms with E-state index in [-0.39, 0.29) is 23.2 Å². The molecular formula is C12H18BrFN2O2S. The molecule has 1 aromatic carbocycles. The van der Waals surface area contributed by atoms with Gasteiger partial charge in [0.05, 0.1) is 0 Å². The molecule has 0 aliphatic rings. The minimum atomic E-state index is -3.87. The topological polar surface area (TPSA) is 63.4 Å². The van der Waals surface area contributed by atoms with Gasteiger partial charge in [0.15, 0.2) is 0 Å². The van der Waals surface area contributed by atoms with Crippen LogP contribution in [-0.2, 0) is 10.0 Å². The number of sulfonamides is 1. The number of nitrogens with zero attached hydrogens (tertiary/aromatic N) is 1. The van der Waals surface area contributed by atoms with Gasteiger partial charge in [0.25, 0.3) is 0 Å². The van der Waals surface area contributed by atoms with Crippen LogP contribution in [0.4, 0.5) is 10.1 Å². The Labute approximate surface area is 122 Å². The van der Waals surface area contributed by atoms with Crippen LogP contribution >= 0.6 is 15.9 Å². The van der Waals surface area contributed by atoms with Crippen LogP contribution in [0.25, 0.3) is 0 Å². The zero-order chi connectivity index (χ0) is 14.8. The molecule has 108 valence electrons. The fraction of sp³-hybridized carbons (Fsp3) is 0.500. The molecule has 0 aliphatic heterocycles. The first-order chi connectivity index (χ1) is 8.75. The van der Waals surface area contributed by atoms with Crippen LogP contribution in [0.1, 0.15) is 27.2 Å². The van der Waals surface area contributed by atoms with Crippen molar-refractivity contribution in [3.8, 4) is 0 Å². The Hall–Kier alpha value is -0.660. The Morgan fingerprint density at radius 3 is 2.47 bits per heavy atom. The van der Waals surface area contributed by atoms with E-state index in [4.69, 9.17) is 5.73 Å². The molecule has 0 aromatic heterocycles. The molecule has 0 heterocycles. The molecule has 0 spiro atoms. The predicted octanol–water partition coefficient (Wildman–Crippen LogP) is 2.98. The summed E-state index contributed by atoms with van der Waals surface area (Å²) in [6.45, 7) is 5.69. The molecule has 2 N–H and O–H groups in total. The quantitative estimate of drug-likeness (QED) is 0.828. The van der Waals surface area contributed by atoms with Gasteiger partial charge in [0.2, 0.25) is 10.0 Å². The monoisotopic (exact) mass is 352 g/mol. The molecule has 0 amide bonds. The van der Waals surface area contributed by atoms with E-state index < -0.39 is 15.8 Å². The van der Waals surface area contributed by atoms with E-state index in [0.717, 1.165) is 12.1 Å². The Morgan fingerprint density at radius 2 is 2.00 bits per heavy atom. The molecule has 0 saturated heterocycles. The maximum absolute atomic E-state index is 13.9. The van der Waals surface area contributed by atoms with Crippen LogP contribution in [0.3, 0.4) is 0 Å². The number of hydrogen-bond donors (Lipinski definition) is 1. The molecular weight excluding hydrogens is 335 g/mol. The van der Waals surface area contributed by atoms with Crippen molar-refractivity contribution >= 4 is 31.6 Å². The first-order valence-corrected chi connectivity index (χ1v) is 8.25. The third-order valence-corrected chi connectivity index (χ3v) is 5.82. The summed E-state index contributed by atoms with van der Waals surface area (Å²) in [6.07, 6.45) is 0.653. The average Bonchev–Trinajstić information content (AvgIpc) is 2.33. The molecule has 0 aliphatic carbocycles. The van der Waals surface area contributed by atoms with Gasteiger partial charge in [0.1, 0.15) is 10.7 Å². The zero-order valence-electron chi connectivity index (χ0n) is 11.2. The van der Waals surface area contributed by atoms with Crippen LogP contribution in [0.2, 0.25) is 0 Å². The van der Waals surface area contributed by atoms with Gasteiger partial charge in [-0.3, -0.25) is 0 Å². The smallest absolute Gasteiger partial charge is 0.246 e. The molecule has 7 heteroatoms. The fourth-order valence-electron chi connectivity index (χ4n) is 1.79. The van der Waals surface area contributed by atoms with E-state index in [2.05, 4.69) is 15.9 Å². The van der Waals surface area contributed by atoms with Gasteiger partial charge in [-0.25, -0.2) is 12.8 Å². The molecule has 1 aromatic rings. The Kier molecular flexibility index (Phi) is 5.34. The summed E-state index contributed by atoms with van der Waals surface area (Å²) in [6, 6.07) is 2.03. The molecule has 1 unspecified atom stereocenters. The maximum Gasteiger partial charge on any atom is 0.246 e. The van der Waals surface area contributed by atoms with E-state index in [1.165, 1.54) is 4.31 Å². The van der Waals surface area contributed by atoms with E-state index in [1.54, 1.807) is 13.8 Å². The highest BCUT2D eigenvalue weighted by atomic mass is 79.9. The standard InChI is InChI=1S/C12H18BrFN2O2S/c1-4-8(3)16(5-2)19(17,18)12-7-11(15)9(13)6-10(12)14/h6-8H,4-5,15H2,1-3H3. The summed E-state index contributed by atoms with van der Waals surface area (Å²) in [5.74, 6) is -0.803. The number of rotatable bonds is 5. The van der Waals surface area contributed by atoms with Crippen molar-refractivity contribution < 1.29 is 12.8 Å². The molecule has 0 radical (unpaired) electrons. The van der Waals surface area contributed by atoms with E-state index in [1.807, 2.05) is 6.92 Å². The van der Waals surface area contributed by atoms with Crippen LogP contribution in [-0.4, -0.2) is 25.3 Å². The van der Waals surface area contributed by atoms with Crippen LogP contribution in [0, 0.1) is 5.82 Å². The van der Waals surface area contributed by atoms with Crippen molar-refractivity contribution in [2.24, 2.45) is 0 Å². The largest absolute Gasteiger partial charge is 0.398 e. The summed E-state index contributed by atoms with van der Waals surface area (Å²) in [5.41, 5.74) is 5.83. The van der Waals surface area contributed by atoms with Gasteiger partial charge in [-0.2, -0.15) is 4.31 Å². The van der Waals surface area contributed by atoms with Crippen molar-refractivity contribution in [3.63, 3.8) is 0 Å². The first-order valence-electron chi connectivity index (χ1n) is 6.02. The lowest BCUT2D eigenvalue weighted by atomic mass is 10.3. The number of halogens is 2. The third kappa shape index (κ3) is 3.27. The lowest BCUT2D eigenvalue weighted by molar-refractivity contribution is 0.341. The number of nitrogen functional groups attached to an aromatic ring is 1. The molecule has 19 heavy (non-hydrogen) atoms. The summed E-state index contributed by atoms with van der Waals surface area (Å²) in [5, 5.41) is 0. The number of hydrogen-bond acceptors (Lipinski definition) is 3. The van der Waals surface area contributed by atoms with Crippen LogP contribution in [0.15, 0.2) is 21.5 Å². The van der Waals surface area contributed by atoms with Crippen molar-refractivity contribution in [1.29, 1.82) is 0 Å². The zero-order valence-corrected chi connectivity index (χ0v) is 13.6. The number of anilines is 1. The summed E-state index contributed by atoms with van der Waals surface area (Å²) in [4.78, 5) is -0.379. The minimum absolute atomic E-state index is 0.195. The van der Waals surface area contributed by atoms with Crippen LogP contribution < -0.4 is 5.73 Å². The Balaban J connectivity index is 3.38. The summed E-state index contributed by atoms with van der Waals surface area (Å²) >= 11 is 3.07. The van der Waals surface area contributed by atoms with Crippen molar-refractivity contribution in [2.45, 2.75) is 38.1 Å². The maximum atomic E-state index is 13.9. The highest BCUT2D eigenvalue weighted by molar-refractivity contribution is 9.10. The van der Waals surface area contributed by atoms with Gasteiger partial charge in [-0.1, -0.05) is 13.8 Å². The number of benzene rings is 1. The van der Waals surface area contributed by atoms with Crippen LogP contribution in [0.5, 0.6) is 0 Å². The van der Waals surface area contributed by atoms with E-state index in [0.29, 0.717) is 10.9 Å². The second kappa shape index (κ2) is 6.19. The predicted molar refractivity (Wildman–Crippen MR) is 77.8 cm³/mol. The summed E-state index contributed by atoms with van der Waals surface area (Å²) in [7, 11) is -3.87. The Bertz CT molecular complexity index is 563. The van der Waals surface area contributed by atoms with E-state index >= 15 is 0 Å². The van der Waals surface area contributed by atoms with Crippen molar-refractivity contribution in [1.82, 2.24) is 4.31 Å². The van der Waals surface area contributed by atoms with Gasteiger partial charge >= 0.3 is 0 Å². The first kappa shape index (κ1) is 16.4. The van der Waals surface area contributed by atoms with Gasteiger partial charge in [-0.15, -0.1) is 0 Å². The normalized spacial score (nSPS) is 13.8. The van der Waals surface area contributed by atoms with Gasteiger partial charge in [0, 0.05) is 22.7 Å². The highest BCUT2D eigenvalue weighted by Gasteiger charge is 2.30. The summed E-state index contributed by atoms with van der Waals surface area (Å²) < 4.78 is 40.4. The lowest BCUT2D eigenvalue weighted by Crippen LogP contribution is -2.38. The van der Waals surface area contributed by atoms with E-state index in [9.17, 15) is 12.8 Å². The molecule has 0 saturated carbocycles. The highest BCUT2D eigenvalue weighted by Crippen LogP contribution is 2.29. The second-order valence-corrected chi connectivity index (χ2v) is 6.98. The molecule has 4 nitrogen and oxygen atoms in total. The fourth-order valence-corrected chi connectivity index (χ4v) is 3.90. The lowest BCUT2D eigenvalue weighted by Gasteiger charge is -2.26. The third-order valence-electron chi connectivity index (χ3n) is 3.03. The number of nitrogens with two attached hydrogens (primary N) is 1. The van der Waals surface area contributed by atoms with Gasteiger partial charge in [-0.05, 0) is 41.4 Å². The van der Waals surface area contributed by atoms with Gasteiger partial charge < -0.3 is 5.73 Å². The molecule has 0 fully saturated rings. The molecule has 0 bridgehead atoms. The second-order valence-electron chi connectivity index (χ2n) is 4.27.